The van der Waals surface area contributed by atoms with Gasteiger partial charge in [-0.1, -0.05) is 74.5 Å². The summed E-state index contributed by atoms with van der Waals surface area (Å²) in [6, 6.07) is 16.7. The van der Waals surface area contributed by atoms with Crippen molar-refractivity contribution in [3.05, 3.63) is 71.8 Å². The number of primary amides is 1. The number of alkyl carbamates (subject to hydrolysis) is 1. The van der Waals surface area contributed by atoms with E-state index in [0.29, 0.717) is 6.42 Å². The summed E-state index contributed by atoms with van der Waals surface area (Å²) in [7, 11) is 0. The van der Waals surface area contributed by atoms with E-state index in [1.165, 1.54) is 0 Å². The van der Waals surface area contributed by atoms with Crippen molar-refractivity contribution >= 4 is 17.9 Å². The fraction of sp³-hybridized carbons (Fsp3) is 0.375. The lowest BCUT2D eigenvalue weighted by Gasteiger charge is -2.23. The first-order valence-electron chi connectivity index (χ1n) is 10.5. The minimum absolute atomic E-state index is 0.0805. The minimum atomic E-state index is -1.02. The number of carbonyl (C=O) groups is 3. The first-order valence-corrected chi connectivity index (χ1v) is 10.5. The van der Waals surface area contributed by atoms with Crippen LogP contribution in [0.1, 0.15) is 31.4 Å². The minimum Gasteiger partial charge on any atom is -0.445 e. The third-order valence-electron chi connectivity index (χ3n) is 4.58. The molecule has 0 saturated heterocycles. The second-order valence-electron chi connectivity index (χ2n) is 7.85. The number of benzene rings is 2. The number of hydrogen-bond donors (Lipinski definition) is 3. The number of ether oxygens (including phenoxy) is 2. The van der Waals surface area contributed by atoms with Crippen molar-refractivity contribution in [2.75, 3.05) is 6.61 Å². The predicted octanol–water partition coefficient (Wildman–Crippen LogP) is 2.51. The van der Waals surface area contributed by atoms with E-state index >= 15 is 0 Å². The van der Waals surface area contributed by atoms with Crippen LogP contribution in [0.15, 0.2) is 60.7 Å². The van der Waals surface area contributed by atoms with Crippen LogP contribution in [-0.4, -0.2) is 36.6 Å². The van der Waals surface area contributed by atoms with Crippen LogP contribution in [0.5, 0.6) is 0 Å². The standard InChI is InChI=1S/C24H31N3O5/c1-17(2)13-20(27-24(30)32-15-19-11-7-4-8-12-19)23(29)26-21(22(25)28)16-31-14-18-9-5-3-6-10-18/h3-12,17,20-21H,13-16H2,1-2H3,(H2,25,28)(H,26,29)(H,27,30). The SMILES string of the molecule is CC(C)CC(NC(=O)OCc1ccccc1)C(=O)NC(COCc1ccccc1)C(N)=O. The zero-order valence-electron chi connectivity index (χ0n) is 18.5. The van der Waals surface area contributed by atoms with Crippen LogP contribution in [0, 0.1) is 5.92 Å². The van der Waals surface area contributed by atoms with Crippen LogP contribution >= 0.6 is 0 Å². The summed E-state index contributed by atoms with van der Waals surface area (Å²) in [4.78, 5) is 36.8. The van der Waals surface area contributed by atoms with Crippen LogP contribution in [0.3, 0.4) is 0 Å². The molecule has 8 heteroatoms. The summed E-state index contributed by atoms with van der Waals surface area (Å²) in [6.45, 7) is 4.13. The highest BCUT2D eigenvalue weighted by Gasteiger charge is 2.27. The lowest BCUT2D eigenvalue weighted by molar-refractivity contribution is -0.130. The Labute approximate surface area is 188 Å². The van der Waals surface area contributed by atoms with Gasteiger partial charge in [-0.25, -0.2) is 4.79 Å². The molecule has 2 atom stereocenters. The van der Waals surface area contributed by atoms with Crippen molar-refractivity contribution in [2.45, 2.75) is 45.6 Å². The average Bonchev–Trinajstić information content (AvgIpc) is 2.77. The fourth-order valence-electron chi connectivity index (χ4n) is 2.95. The van der Waals surface area contributed by atoms with Crippen LogP contribution < -0.4 is 16.4 Å². The second-order valence-corrected chi connectivity index (χ2v) is 7.85. The molecule has 0 saturated carbocycles. The molecule has 0 radical (unpaired) electrons. The second kappa shape index (κ2) is 13.1. The van der Waals surface area contributed by atoms with Gasteiger partial charge in [0.25, 0.3) is 0 Å². The third-order valence-corrected chi connectivity index (χ3v) is 4.58. The molecule has 2 unspecified atom stereocenters. The van der Waals surface area contributed by atoms with Crippen LogP contribution in [0.4, 0.5) is 4.79 Å². The maximum absolute atomic E-state index is 12.8. The Kier molecular flexibility index (Phi) is 10.2. The summed E-state index contributed by atoms with van der Waals surface area (Å²) in [6.07, 6.45) is -0.353. The van der Waals surface area contributed by atoms with E-state index < -0.39 is 30.0 Å². The van der Waals surface area contributed by atoms with Crippen LogP contribution in [0.2, 0.25) is 0 Å². The molecule has 3 amide bonds. The van der Waals surface area contributed by atoms with Crippen LogP contribution in [0.25, 0.3) is 0 Å². The molecule has 0 bridgehead atoms. The number of rotatable bonds is 12. The monoisotopic (exact) mass is 441 g/mol. The van der Waals surface area contributed by atoms with Gasteiger partial charge in [-0.3, -0.25) is 9.59 Å². The molecular weight excluding hydrogens is 410 g/mol. The summed E-state index contributed by atoms with van der Waals surface area (Å²) >= 11 is 0. The number of hydrogen-bond acceptors (Lipinski definition) is 5. The van der Waals surface area contributed by atoms with E-state index in [9.17, 15) is 14.4 Å². The van der Waals surface area contributed by atoms with E-state index in [2.05, 4.69) is 10.6 Å². The molecule has 2 rings (SSSR count). The maximum Gasteiger partial charge on any atom is 0.408 e. The van der Waals surface area contributed by atoms with Gasteiger partial charge in [0.1, 0.15) is 18.7 Å². The Bertz CT molecular complexity index is 858. The molecule has 0 aromatic heterocycles. The quantitative estimate of drug-likeness (QED) is 0.468. The average molecular weight is 442 g/mol. The summed E-state index contributed by atoms with van der Waals surface area (Å²) in [5.74, 6) is -1.13. The Morgan fingerprint density at radius 3 is 1.94 bits per heavy atom. The lowest BCUT2D eigenvalue weighted by Crippen LogP contribution is -2.54. The van der Waals surface area contributed by atoms with Gasteiger partial charge in [0.15, 0.2) is 0 Å². The van der Waals surface area contributed by atoms with Gasteiger partial charge in [-0.05, 0) is 23.5 Å². The molecule has 4 N–H and O–H groups in total. The zero-order chi connectivity index (χ0) is 23.3. The van der Waals surface area contributed by atoms with Crippen molar-refractivity contribution in [2.24, 2.45) is 11.7 Å². The highest BCUT2D eigenvalue weighted by molar-refractivity contribution is 5.90. The third kappa shape index (κ3) is 9.18. The van der Waals surface area contributed by atoms with Gasteiger partial charge >= 0.3 is 6.09 Å². The smallest absolute Gasteiger partial charge is 0.408 e. The Balaban J connectivity index is 1.90. The molecule has 0 fully saturated rings. The van der Waals surface area contributed by atoms with Crippen molar-refractivity contribution in [1.82, 2.24) is 10.6 Å². The van der Waals surface area contributed by atoms with Crippen molar-refractivity contribution in [1.29, 1.82) is 0 Å². The number of nitrogens with one attached hydrogen (secondary N) is 2. The van der Waals surface area contributed by atoms with Gasteiger partial charge in [-0.15, -0.1) is 0 Å². The molecule has 2 aromatic carbocycles. The first-order chi connectivity index (χ1) is 15.3. The molecule has 8 nitrogen and oxygen atoms in total. The number of amides is 3. The molecular formula is C24H31N3O5. The van der Waals surface area contributed by atoms with Gasteiger partial charge in [-0.2, -0.15) is 0 Å². The molecule has 0 spiro atoms. The van der Waals surface area contributed by atoms with E-state index in [1.807, 2.05) is 74.5 Å². The van der Waals surface area contributed by atoms with Crippen LogP contribution in [-0.2, 0) is 32.3 Å². The Morgan fingerprint density at radius 1 is 0.844 bits per heavy atom. The molecule has 2 aromatic rings. The normalized spacial score (nSPS) is 12.6. The molecule has 172 valence electrons. The lowest BCUT2D eigenvalue weighted by atomic mass is 10.0. The molecule has 0 aliphatic rings. The summed E-state index contributed by atoms with van der Waals surface area (Å²) in [5, 5.41) is 5.16. The predicted molar refractivity (Wildman–Crippen MR) is 120 cm³/mol. The highest BCUT2D eigenvalue weighted by atomic mass is 16.5. The topological polar surface area (TPSA) is 120 Å². The van der Waals surface area contributed by atoms with Gasteiger partial charge < -0.3 is 25.8 Å². The molecule has 0 heterocycles. The highest BCUT2D eigenvalue weighted by Crippen LogP contribution is 2.08. The fourth-order valence-corrected chi connectivity index (χ4v) is 2.95. The van der Waals surface area contributed by atoms with Crippen molar-refractivity contribution < 1.29 is 23.9 Å². The Morgan fingerprint density at radius 2 is 1.41 bits per heavy atom. The van der Waals surface area contributed by atoms with Gasteiger partial charge in [0.2, 0.25) is 11.8 Å². The van der Waals surface area contributed by atoms with Gasteiger partial charge in [0.05, 0.1) is 13.2 Å². The van der Waals surface area contributed by atoms with Crippen molar-refractivity contribution in [3.63, 3.8) is 0 Å². The van der Waals surface area contributed by atoms with Crippen molar-refractivity contribution in [3.8, 4) is 0 Å². The zero-order valence-corrected chi connectivity index (χ0v) is 18.5. The van der Waals surface area contributed by atoms with E-state index in [1.54, 1.807) is 0 Å². The van der Waals surface area contributed by atoms with E-state index in [4.69, 9.17) is 15.2 Å². The largest absolute Gasteiger partial charge is 0.445 e. The number of carbonyl (C=O) groups excluding carboxylic acids is 3. The first kappa shape index (κ1) is 24.9. The van der Waals surface area contributed by atoms with E-state index in [0.717, 1.165) is 11.1 Å². The summed E-state index contributed by atoms with van der Waals surface area (Å²) in [5.41, 5.74) is 7.20. The molecule has 32 heavy (non-hydrogen) atoms. The Hall–Kier alpha value is -3.39. The summed E-state index contributed by atoms with van der Waals surface area (Å²) < 4.78 is 10.8. The molecule has 0 aliphatic heterocycles. The maximum atomic E-state index is 12.8. The molecule has 0 aliphatic carbocycles. The number of nitrogens with two attached hydrogens (primary N) is 1. The van der Waals surface area contributed by atoms with Gasteiger partial charge in [0, 0.05) is 0 Å². The van der Waals surface area contributed by atoms with E-state index in [-0.39, 0.29) is 25.7 Å².